The Kier molecular flexibility index (Phi) is 8.04. The minimum Gasteiger partial charge on any atom is -0.208 e. The first-order valence-electron chi connectivity index (χ1n) is 19.4. The molecule has 0 unspecified atom stereocenters. The highest BCUT2D eigenvalue weighted by Gasteiger charge is 2.21. The molecule has 8 aromatic carbocycles. The SMILES string of the molecule is C[Si](C)(C)c1ccc(-c2nc(-c3cccc(-c4ccc(-c5ccc6c7ccccc7c7ccccc7c6c5)cc4)c3)nc(-c3cccc4c3CCC4)n2)cc1. The molecule has 4 heteroatoms. The molecule has 0 atom stereocenters. The van der Waals surface area contributed by atoms with E-state index in [4.69, 9.17) is 15.0 Å². The lowest BCUT2D eigenvalue weighted by Crippen LogP contribution is -2.37. The molecule has 0 fully saturated rings. The van der Waals surface area contributed by atoms with Crippen molar-refractivity contribution in [2.24, 2.45) is 0 Å². The minimum atomic E-state index is -1.44. The Morgan fingerprint density at radius 3 is 1.55 bits per heavy atom. The summed E-state index contributed by atoms with van der Waals surface area (Å²) in [6.07, 6.45) is 3.35. The van der Waals surface area contributed by atoms with E-state index in [2.05, 4.69) is 177 Å². The van der Waals surface area contributed by atoms with Gasteiger partial charge in [-0.1, -0.05) is 170 Å². The molecule has 0 aliphatic heterocycles. The molecule has 0 bridgehead atoms. The van der Waals surface area contributed by atoms with Gasteiger partial charge in [0.25, 0.3) is 0 Å². The molecule has 1 heterocycles. The topological polar surface area (TPSA) is 38.7 Å². The highest BCUT2D eigenvalue weighted by atomic mass is 28.3. The molecule has 9 aromatic rings. The largest absolute Gasteiger partial charge is 0.208 e. The van der Waals surface area contributed by atoms with Crippen LogP contribution in [0.1, 0.15) is 17.5 Å². The molecule has 3 nitrogen and oxygen atoms in total. The third-order valence-electron chi connectivity index (χ3n) is 11.4. The van der Waals surface area contributed by atoms with Gasteiger partial charge in [-0.25, -0.2) is 15.0 Å². The van der Waals surface area contributed by atoms with Crippen LogP contribution in [0.2, 0.25) is 19.6 Å². The van der Waals surface area contributed by atoms with Gasteiger partial charge in [0, 0.05) is 16.7 Å². The van der Waals surface area contributed by atoms with Crippen LogP contribution in [0.3, 0.4) is 0 Å². The Labute approximate surface area is 323 Å². The van der Waals surface area contributed by atoms with Gasteiger partial charge in [0.1, 0.15) is 0 Å². The van der Waals surface area contributed by atoms with E-state index in [0.29, 0.717) is 11.6 Å². The average Bonchev–Trinajstić information content (AvgIpc) is 3.73. The maximum Gasteiger partial charge on any atom is 0.164 e. The van der Waals surface area contributed by atoms with Gasteiger partial charge in [-0.05, 0) is 97.1 Å². The van der Waals surface area contributed by atoms with Crippen molar-refractivity contribution >= 4 is 45.6 Å². The molecule has 1 aliphatic carbocycles. The van der Waals surface area contributed by atoms with Gasteiger partial charge >= 0.3 is 0 Å². The van der Waals surface area contributed by atoms with E-state index < -0.39 is 8.07 Å². The molecular weight excluding hydrogens is 683 g/mol. The lowest BCUT2D eigenvalue weighted by molar-refractivity contribution is 0.911. The molecule has 0 amide bonds. The van der Waals surface area contributed by atoms with E-state index in [-0.39, 0.29) is 0 Å². The first-order valence-corrected chi connectivity index (χ1v) is 22.9. The Morgan fingerprint density at radius 2 is 0.891 bits per heavy atom. The molecule has 10 rings (SSSR count). The van der Waals surface area contributed by atoms with Crippen molar-refractivity contribution in [2.45, 2.75) is 38.9 Å². The second kappa shape index (κ2) is 13.3. The zero-order valence-corrected chi connectivity index (χ0v) is 32.5. The van der Waals surface area contributed by atoms with Crippen LogP contribution in [-0.2, 0) is 12.8 Å². The number of benzene rings is 8. The summed E-state index contributed by atoms with van der Waals surface area (Å²) in [6, 6.07) is 57.5. The molecule has 0 radical (unpaired) electrons. The van der Waals surface area contributed by atoms with E-state index >= 15 is 0 Å². The van der Waals surface area contributed by atoms with Crippen molar-refractivity contribution in [1.82, 2.24) is 15.0 Å². The lowest BCUT2D eigenvalue weighted by Gasteiger charge is -2.17. The summed E-state index contributed by atoms with van der Waals surface area (Å²) in [4.78, 5) is 15.4. The lowest BCUT2D eigenvalue weighted by atomic mass is 9.92. The summed E-state index contributed by atoms with van der Waals surface area (Å²) < 4.78 is 0. The first kappa shape index (κ1) is 33.3. The fraction of sp³-hybridized carbons (Fsp3) is 0.118. The van der Waals surface area contributed by atoms with Crippen LogP contribution in [0.25, 0.3) is 88.7 Å². The zero-order valence-electron chi connectivity index (χ0n) is 31.5. The molecule has 0 saturated heterocycles. The molecule has 264 valence electrons. The van der Waals surface area contributed by atoms with Crippen LogP contribution in [0.4, 0.5) is 0 Å². The van der Waals surface area contributed by atoms with Crippen molar-refractivity contribution in [3.8, 4) is 56.4 Å². The smallest absolute Gasteiger partial charge is 0.164 e. The summed E-state index contributed by atoms with van der Waals surface area (Å²) in [5.74, 6) is 2.15. The quantitative estimate of drug-likeness (QED) is 0.127. The van der Waals surface area contributed by atoms with Gasteiger partial charge in [-0.2, -0.15) is 0 Å². The Bertz CT molecular complexity index is 2890. The minimum absolute atomic E-state index is 0.694. The number of hydrogen-bond donors (Lipinski definition) is 0. The average molecular weight is 724 g/mol. The van der Waals surface area contributed by atoms with Crippen LogP contribution in [0, 0.1) is 0 Å². The van der Waals surface area contributed by atoms with Crippen LogP contribution < -0.4 is 5.19 Å². The molecular formula is C51H41N3Si. The van der Waals surface area contributed by atoms with Gasteiger partial charge in [0.05, 0.1) is 8.07 Å². The summed E-state index contributed by atoms with van der Waals surface area (Å²) in [5, 5.41) is 9.17. The number of aryl methyl sites for hydroxylation is 1. The maximum absolute atomic E-state index is 5.17. The maximum atomic E-state index is 5.17. The number of aromatic nitrogens is 3. The summed E-state index contributed by atoms with van der Waals surface area (Å²) >= 11 is 0. The predicted molar refractivity (Wildman–Crippen MR) is 235 cm³/mol. The van der Waals surface area contributed by atoms with E-state index in [9.17, 15) is 0 Å². The normalized spacial score (nSPS) is 12.8. The fourth-order valence-corrected chi connectivity index (χ4v) is 9.65. The highest BCUT2D eigenvalue weighted by molar-refractivity contribution is 6.88. The van der Waals surface area contributed by atoms with E-state index in [1.165, 1.54) is 66.2 Å². The van der Waals surface area contributed by atoms with Crippen LogP contribution in [0.15, 0.2) is 158 Å². The second-order valence-corrected chi connectivity index (χ2v) is 21.0. The third kappa shape index (κ3) is 6.03. The zero-order chi connectivity index (χ0) is 37.1. The number of nitrogens with zero attached hydrogens (tertiary/aromatic N) is 3. The van der Waals surface area contributed by atoms with Gasteiger partial charge in [-0.15, -0.1) is 0 Å². The molecule has 0 spiro atoms. The van der Waals surface area contributed by atoms with E-state index in [0.717, 1.165) is 46.5 Å². The Hall–Kier alpha value is -6.23. The summed E-state index contributed by atoms with van der Waals surface area (Å²) in [7, 11) is -1.44. The molecule has 55 heavy (non-hydrogen) atoms. The van der Waals surface area contributed by atoms with E-state index in [1.54, 1.807) is 0 Å². The predicted octanol–water partition coefficient (Wildman–Crippen LogP) is 12.7. The van der Waals surface area contributed by atoms with Crippen molar-refractivity contribution in [3.63, 3.8) is 0 Å². The molecule has 1 aromatic heterocycles. The molecule has 0 N–H and O–H groups in total. The number of fused-ring (bicyclic) bond motifs is 7. The Morgan fingerprint density at radius 1 is 0.382 bits per heavy atom. The highest BCUT2D eigenvalue weighted by Crippen LogP contribution is 2.38. The van der Waals surface area contributed by atoms with Crippen LogP contribution in [0.5, 0.6) is 0 Å². The second-order valence-electron chi connectivity index (χ2n) is 15.9. The first-order chi connectivity index (χ1) is 26.9. The standard InChI is InChI=1S/C51H41N3Si/c1-55(2,3)40-28-25-36(26-29-40)49-52-50(54-51(53-49)47-20-10-12-35-11-9-19-41(35)47)39-14-8-13-37(31-39)33-21-23-34(24-22-33)38-27-30-46-44-17-5-4-15-42(44)43-16-6-7-18-45(43)48(46)32-38/h4-8,10,12-18,20-32H,9,11,19H2,1-3H3. The van der Waals surface area contributed by atoms with Crippen molar-refractivity contribution in [2.75, 3.05) is 0 Å². The van der Waals surface area contributed by atoms with Gasteiger partial charge in [0.2, 0.25) is 0 Å². The Balaban J connectivity index is 1.03. The summed E-state index contributed by atoms with van der Waals surface area (Å²) in [6.45, 7) is 7.14. The molecule has 1 aliphatic rings. The monoisotopic (exact) mass is 723 g/mol. The van der Waals surface area contributed by atoms with Gasteiger partial charge in [-0.3, -0.25) is 0 Å². The van der Waals surface area contributed by atoms with Crippen molar-refractivity contribution in [1.29, 1.82) is 0 Å². The number of rotatable bonds is 6. The molecule has 0 saturated carbocycles. The number of hydrogen-bond acceptors (Lipinski definition) is 3. The van der Waals surface area contributed by atoms with Gasteiger partial charge < -0.3 is 0 Å². The third-order valence-corrected chi connectivity index (χ3v) is 13.5. The fourth-order valence-electron chi connectivity index (χ4n) is 8.48. The van der Waals surface area contributed by atoms with Crippen molar-refractivity contribution < 1.29 is 0 Å². The van der Waals surface area contributed by atoms with Crippen LogP contribution >= 0.6 is 0 Å². The van der Waals surface area contributed by atoms with Gasteiger partial charge in [0.15, 0.2) is 17.5 Å². The summed E-state index contributed by atoms with van der Waals surface area (Å²) in [5.41, 5.74) is 10.6. The van der Waals surface area contributed by atoms with Crippen molar-refractivity contribution in [3.05, 3.63) is 169 Å². The van der Waals surface area contributed by atoms with E-state index in [1.807, 2.05) is 0 Å². The van der Waals surface area contributed by atoms with Crippen LogP contribution in [-0.4, -0.2) is 23.0 Å².